The van der Waals surface area contributed by atoms with Gasteiger partial charge in [0, 0.05) is 18.7 Å². The standard InChI is InChI=1S/C15H20N2O/c1-10-16-12-9-11(6-7-13(12)18-10)17-14-5-4-8-15(14,2)3/h6-7,9,14,17H,4-5,8H2,1-3H3. The molecule has 1 fully saturated rings. The van der Waals surface area contributed by atoms with Crippen LogP contribution in [0.1, 0.15) is 39.0 Å². The highest BCUT2D eigenvalue weighted by Gasteiger charge is 2.34. The number of aryl methyl sites for hydroxylation is 1. The van der Waals surface area contributed by atoms with Gasteiger partial charge in [0.15, 0.2) is 11.5 Å². The number of benzene rings is 1. The normalized spacial score (nSPS) is 22.5. The molecule has 96 valence electrons. The van der Waals surface area contributed by atoms with E-state index in [1.54, 1.807) is 0 Å². The van der Waals surface area contributed by atoms with E-state index in [0.717, 1.165) is 22.7 Å². The van der Waals surface area contributed by atoms with Crippen LogP contribution in [0.15, 0.2) is 22.6 Å². The molecular formula is C15H20N2O. The van der Waals surface area contributed by atoms with Crippen molar-refractivity contribution in [2.75, 3.05) is 5.32 Å². The Kier molecular flexibility index (Phi) is 2.58. The Morgan fingerprint density at radius 2 is 2.22 bits per heavy atom. The molecule has 1 N–H and O–H groups in total. The zero-order valence-electron chi connectivity index (χ0n) is 11.3. The molecular weight excluding hydrogens is 224 g/mol. The Morgan fingerprint density at radius 3 is 2.94 bits per heavy atom. The highest BCUT2D eigenvalue weighted by molar-refractivity contribution is 5.77. The molecule has 0 saturated heterocycles. The lowest BCUT2D eigenvalue weighted by molar-refractivity contribution is 0.350. The van der Waals surface area contributed by atoms with Gasteiger partial charge in [-0.05, 0) is 36.5 Å². The van der Waals surface area contributed by atoms with Gasteiger partial charge in [-0.15, -0.1) is 0 Å². The van der Waals surface area contributed by atoms with Crippen molar-refractivity contribution in [1.29, 1.82) is 0 Å². The lowest BCUT2D eigenvalue weighted by Crippen LogP contribution is -2.30. The Morgan fingerprint density at radius 1 is 1.39 bits per heavy atom. The van der Waals surface area contributed by atoms with Crippen LogP contribution in [0, 0.1) is 12.3 Å². The fourth-order valence-corrected chi connectivity index (χ4v) is 2.93. The molecule has 1 aromatic heterocycles. The number of hydrogen-bond acceptors (Lipinski definition) is 3. The van der Waals surface area contributed by atoms with Crippen LogP contribution in [0.3, 0.4) is 0 Å². The minimum Gasteiger partial charge on any atom is -0.441 e. The van der Waals surface area contributed by atoms with Crippen LogP contribution in [0.25, 0.3) is 11.1 Å². The van der Waals surface area contributed by atoms with Crippen LogP contribution >= 0.6 is 0 Å². The van der Waals surface area contributed by atoms with E-state index in [1.807, 2.05) is 13.0 Å². The number of nitrogens with one attached hydrogen (secondary N) is 1. The second-order valence-electron chi connectivity index (χ2n) is 5.99. The van der Waals surface area contributed by atoms with Crippen molar-refractivity contribution in [2.45, 2.75) is 46.1 Å². The number of nitrogens with zero attached hydrogens (tertiary/aromatic N) is 1. The van der Waals surface area contributed by atoms with Crippen LogP contribution in [-0.2, 0) is 0 Å². The molecule has 1 atom stereocenters. The minimum atomic E-state index is 0.384. The van der Waals surface area contributed by atoms with Crippen LogP contribution in [0.4, 0.5) is 5.69 Å². The van der Waals surface area contributed by atoms with Gasteiger partial charge in [0.25, 0.3) is 0 Å². The molecule has 1 saturated carbocycles. The molecule has 18 heavy (non-hydrogen) atoms. The summed E-state index contributed by atoms with van der Waals surface area (Å²) in [5.74, 6) is 0.725. The molecule has 1 aliphatic rings. The molecule has 3 rings (SSSR count). The van der Waals surface area contributed by atoms with Gasteiger partial charge in [-0.2, -0.15) is 0 Å². The highest BCUT2D eigenvalue weighted by atomic mass is 16.3. The average molecular weight is 244 g/mol. The number of oxazole rings is 1. The van der Waals surface area contributed by atoms with Crippen molar-refractivity contribution in [2.24, 2.45) is 5.41 Å². The lowest BCUT2D eigenvalue weighted by atomic mass is 9.87. The van der Waals surface area contributed by atoms with Gasteiger partial charge in [-0.3, -0.25) is 0 Å². The molecule has 1 aliphatic carbocycles. The van der Waals surface area contributed by atoms with Crippen LogP contribution in [-0.4, -0.2) is 11.0 Å². The van der Waals surface area contributed by atoms with Crippen molar-refractivity contribution in [3.8, 4) is 0 Å². The van der Waals surface area contributed by atoms with Crippen molar-refractivity contribution in [3.63, 3.8) is 0 Å². The first-order valence-corrected chi connectivity index (χ1v) is 6.68. The first-order chi connectivity index (χ1) is 8.54. The van der Waals surface area contributed by atoms with Crippen molar-refractivity contribution >= 4 is 16.8 Å². The summed E-state index contributed by atoms with van der Waals surface area (Å²) in [7, 11) is 0. The van der Waals surface area contributed by atoms with E-state index in [9.17, 15) is 0 Å². The SMILES string of the molecule is Cc1nc2cc(NC3CCCC3(C)C)ccc2o1. The predicted octanol–water partition coefficient (Wildman–Crippen LogP) is 4.13. The molecule has 2 aromatic rings. The number of aromatic nitrogens is 1. The largest absolute Gasteiger partial charge is 0.441 e. The molecule has 0 amide bonds. The van der Waals surface area contributed by atoms with Crippen molar-refractivity contribution < 1.29 is 4.42 Å². The summed E-state index contributed by atoms with van der Waals surface area (Å²) >= 11 is 0. The summed E-state index contributed by atoms with van der Waals surface area (Å²) in [6, 6.07) is 6.73. The van der Waals surface area contributed by atoms with E-state index in [4.69, 9.17) is 4.42 Å². The zero-order valence-corrected chi connectivity index (χ0v) is 11.3. The van der Waals surface area contributed by atoms with Gasteiger partial charge in [-0.1, -0.05) is 20.3 Å². The first kappa shape index (κ1) is 11.6. The third-order valence-corrected chi connectivity index (χ3v) is 4.09. The molecule has 3 heteroatoms. The molecule has 0 bridgehead atoms. The fraction of sp³-hybridized carbons (Fsp3) is 0.533. The minimum absolute atomic E-state index is 0.384. The van der Waals surface area contributed by atoms with Gasteiger partial charge in [0.1, 0.15) is 5.52 Å². The maximum Gasteiger partial charge on any atom is 0.192 e. The summed E-state index contributed by atoms with van der Waals surface area (Å²) in [5, 5.41) is 3.65. The second kappa shape index (κ2) is 4.01. The molecule has 0 spiro atoms. The number of hydrogen-bond donors (Lipinski definition) is 1. The van der Waals surface area contributed by atoms with Gasteiger partial charge in [0.05, 0.1) is 0 Å². The Hall–Kier alpha value is -1.51. The molecule has 3 nitrogen and oxygen atoms in total. The predicted molar refractivity (Wildman–Crippen MR) is 73.8 cm³/mol. The fourth-order valence-electron chi connectivity index (χ4n) is 2.93. The summed E-state index contributed by atoms with van der Waals surface area (Å²) in [5.41, 5.74) is 3.34. The lowest BCUT2D eigenvalue weighted by Gasteiger charge is -2.28. The second-order valence-corrected chi connectivity index (χ2v) is 5.99. The summed E-state index contributed by atoms with van der Waals surface area (Å²) in [4.78, 5) is 4.38. The third-order valence-electron chi connectivity index (χ3n) is 4.09. The van der Waals surface area contributed by atoms with Crippen LogP contribution in [0.2, 0.25) is 0 Å². The summed E-state index contributed by atoms with van der Waals surface area (Å²) < 4.78 is 5.49. The smallest absolute Gasteiger partial charge is 0.192 e. The van der Waals surface area contributed by atoms with E-state index in [0.29, 0.717) is 11.5 Å². The number of rotatable bonds is 2. The van der Waals surface area contributed by atoms with E-state index in [2.05, 4.69) is 36.3 Å². The van der Waals surface area contributed by atoms with E-state index in [-0.39, 0.29) is 0 Å². The molecule has 0 aliphatic heterocycles. The van der Waals surface area contributed by atoms with Crippen LogP contribution < -0.4 is 5.32 Å². The summed E-state index contributed by atoms with van der Waals surface area (Å²) in [6.07, 6.45) is 3.87. The van der Waals surface area contributed by atoms with E-state index < -0.39 is 0 Å². The van der Waals surface area contributed by atoms with Crippen molar-refractivity contribution in [1.82, 2.24) is 4.98 Å². The molecule has 1 heterocycles. The van der Waals surface area contributed by atoms with Crippen molar-refractivity contribution in [3.05, 3.63) is 24.1 Å². The van der Waals surface area contributed by atoms with Gasteiger partial charge in [0.2, 0.25) is 0 Å². The maximum absolute atomic E-state index is 5.49. The Bertz CT molecular complexity index is 571. The number of anilines is 1. The molecule has 0 radical (unpaired) electrons. The highest BCUT2D eigenvalue weighted by Crippen LogP contribution is 2.39. The van der Waals surface area contributed by atoms with E-state index >= 15 is 0 Å². The van der Waals surface area contributed by atoms with Gasteiger partial charge in [-0.25, -0.2) is 4.98 Å². The van der Waals surface area contributed by atoms with Crippen LogP contribution in [0.5, 0.6) is 0 Å². The Labute approximate surface area is 108 Å². The van der Waals surface area contributed by atoms with Gasteiger partial charge < -0.3 is 9.73 Å². The third kappa shape index (κ3) is 1.98. The van der Waals surface area contributed by atoms with Gasteiger partial charge >= 0.3 is 0 Å². The average Bonchev–Trinajstić information content (AvgIpc) is 2.81. The summed E-state index contributed by atoms with van der Waals surface area (Å²) in [6.45, 7) is 6.57. The topological polar surface area (TPSA) is 38.1 Å². The monoisotopic (exact) mass is 244 g/mol. The molecule has 1 aromatic carbocycles. The first-order valence-electron chi connectivity index (χ1n) is 6.68. The van der Waals surface area contributed by atoms with E-state index in [1.165, 1.54) is 19.3 Å². The number of fused-ring (bicyclic) bond motifs is 1. The quantitative estimate of drug-likeness (QED) is 0.863. The Balaban J connectivity index is 1.86. The molecule has 1 unspecified atom stereocenters. The zero-order chi connectivity index (χ0) is 12.8. The maximum atomic E-state index is 5.49.